The Morgan fingerprint density at radius 1 is 1.15 bits per heavy atom. The van der Waals surface area contributed by atoms with Crippen LogP contribution in [-0.4, -0.2) is 81.2 Å². The van der Waals surface area contributed by atoms with E-state index in [0.29, 0.717) is 0 Å². The number of ketones is 3. The molecule has 208 valence electrons. The maximum atomic E-state index is 16.0. The van der Waals surface area contributed by atoms with E-state index in [1.165, 1.54) is 32.2 Å². The summed E-state index contributed by atoms with van der Waals surface area (Å²) in [5.41, 5.74) is 1.12. The van der Waals surface area contributed by atoms with E-state index in [1.54, 1.807) is 0 Å². The number of phenolic OH excluding ortho intramolecular Hbond substituents is 2. The van der Waals surface area contributed by atoms with Crippen molar-refractivity contribution in [3.8, 4) is 17.2 Å². The van der Waals surface area contributed by atoms with Crippen LogP contribution in [0.2, 0.25) is 0 Å². The normalized spacial score (nSPS) is 31.8. The molecule has 12 heteroatoms. The quantitative estimate of drug-likeness (QED) is 0.294. The minimum Gasteiger partial charge on any atom is -0.507 e. The number of nitrogens with two attached hydrogens (primary N) is 1. The Balaban J connectivity index is 1.72. The van der Waals surface area contributed by atoms with Gasteiger partial charge in [0.15, 0.2) is 29.6 Å². The molecule has 39 heavy (non-hydrogen) atoms. The molecule has 0 radical (unpaired) electrons. The number of aromatic hydroxyl groups is 2. The van der Waals surface area contributed by atoms with Crippen LogP contribution in [-0.2, 0) is 20.7 Å². The highest BCUT2D eigenvalue weighted by molar-refractivity contribution is 6.31. The number of aliphatic hydroxyl groups excluding tert-OH is 1. The molecule has 3 aliphatic rings. The molecule has 11 nitrogen and oxygen atoms in total. The summed E-state index contributed by atoms with van der Waals surface area (Å²) in [6, 6.07) is 3.45. The van der Waals surface area contributed by atoms with E-state index < -0.39 is 94.4 Å². The Bertz CT molecular complexity index is 1400. The lowest BCUT2D eigenvalue weighted by atomic mass is 9.71. The third-order valence-corrected chi connectivity index (χ3v) is 7.87. The Morgan fingerprint density at radius 2 is 1.82 bits per heavy atom. The molecule has 1 fully saturated rings. The SMILES string of the molecule is COc1cccc2c1C(=O)c1c(O)c3c(c(O)c1C2=O)C[C@@](O)(C(C)=O)[C@@H](F)[C@@H]3OC1C[C@@H](N)[C@@H](O)[C@H](C)O1. The van der Waals surface area contributed by atoms with Gasteiger partial charge >= 0.3 is 0 Å². The summed E-state index contributed by atoms with van der Waals surface area (Å²) in [5.74, 6) is -4.26. The first-order valence-corrected chi connectivity index (χ1v) is 12.3. The van der Waals surface area contributed by atoms with Gasteiger partial charge in [-0.1, -0.05) is 12.1 Å². The standard InChI is InChI=1S/C27H28FNO10/c1-9-20(31)13(29)7-15(38-9)39-25-17-12(8-27(36,10(2)30)26(25)28)22(33)18-19(24(17)35)23(34)16-11(21(18)32)5-4-6-14(16)37-3/h4-6,9,13,15,20,25-26,31,33,35-36H,7-8,29H2,1-3H3/t9-,13+,15?,20-,25+,26-,27+/m0/s1. The highest BCUT2D eigenvalue weighted by Crippen LogP contribution is 2.53. The number of methoxy groups -OCH3 is 1. The van der Waals surface area contributed by atoms with Gasteiger partial charge in [-0.25, -0.2) is 4.39 Å². The summed E-state index contributed by atoms with van der Waals surface area (Å²) in [6.45, 7) is 2.47. The zero-order valence-electron chi connectivity index (χ0n) is 21.3. The van der Waals surface area contributed by atoms with Gasteiger partial charge in [0.25, 0.3) is 0 Å². The van der Waals surface area contributed by atoms with Gasteiger partial charge in [0.2, 0.25) is 5.78 Å². The number of ether oxygens (including phenoxy) is 3. The van der Waals surface area contributed by atoms with Gasteiger partial charge in [-0.05, 0) is 19.9 Å². The molecule has 0 amide bonds. The maximum absolute atomic E-state index is 16.0. The van der Waals surface area contributed by atoms with E-state index in [0.717, 1.165) is 6.92 Å². The van der Waals surface area contributed by atoms with E-state index in [4.69, 9.17) is 19.9 Å². The number of Topliss-reactive ketones (excluding diaryl/α,β-unsaturated/α-hetero) is 1. The molecule has 7 atom stereocenters. The van der Waals surface area contributed by atoms with Crippen LogP contribution in [0.5, 0.6) is 17.2 Å². The fourth-order valence-electron chi connectivity index (χ4n) is 5.66. The van der Waals surface area contributed by atoms with Crippen LogP contribution in [0.1, 0.15) is 69.3 Å². The molecular formula is C27H28FNO10. The first-order chi connectivity index (χ1) is 18.3. The lowest BCUT2D eigenvalue weighted by Gasteiger charge is -2.43. The molecule has 2 aliphatic carbocycles. The lowest BCUT2D eigenvalue weighted by molar-refractivity contribution is -0.258. The molecule has 0 aromatic heterocycles. The van der Waals surface area contributed by atoms with Gasteiger partial charge in [0.05, 0.1) is 36.0 Å². The number of hydrogen-bond acceptors (Lipinski definition) is 11. The van der Waals surface area contributed by atoms with Crippen molar-refractivity contribution < 1.29 is 53.4 Å². The van der Waals surface area contributed by atoms with Gasteiger partial charge in [-0.15, -0.1) is 0 Å². The molecule has 1 saturated heterocycles. The molecule has 1 unspecified atom stereocenters. The molecule has 2 aromatic rings. The minimum absolute atomic E-state index is 0.0485. The number of halogens is 1. The van der Waals surface area contributed by atoms with Crippen molar-refractivity contribution in [2.75, 3.05) is 7.11 Å². The first-order valence-electron chi connectivity index (χ1n) is 12.3. The fraction of sp³-hybridized carbons (Fsp3) is 0.444. The third-order valence-electron chi connectivity index (χ3n) is 7.87. The minimum atomic E-state index is -2.71. The highest BCUT2D eigenvalue weighted by atomic mass is 19.1. The van der Waals surface area contributed by atoms with Crippen LogP contribution in [0, 0.1) is 0 Å². The van der Waals surface area contributed by atoms with E-state index in [-0.39, 0.29) is 28.9 Å². The Hall–Kier alpha value is -3.42. The van der Waals surface area contributed by atoms with Gasteiger partial charge < -0.3 is 40.4 Å². The van der Waals surface area contributed by atoms with Crippen LogP contribution in [0.4, 0.5) is 4.39 Å². The van der Waals surface area contributed by atoms with Crippen molar-refractivity contribution in [3.63, 3.8) is 0 Å². The Morgan fingerprint density at radius 3 is 2.44 bits per heavy atom. The Labute approximate surface area is 221 Å². The zero-order chi connectivity index (χ0) is 28.5. The summed E-state index contributed by atoms with van der Waals surface area (Å²) in [6.07, 6.45) is -8.44. The average Bonchev–Trinajstić information content (AvgIpc) is 2.89. The largest absolute Gasteiger partial charge is 0.507 e. The summed E-state index contributed by atoms with van der Waals surface area (Å²) >= 11 is 0. The maximum Gasteiger partial charge on any atom is 0.202 e. The zero-order valence-corrected chi connectivity index (χ0v) is 21.3. The van der Waals surface area contributed by atoms with E-state index in [9.17, 15) is 34.8 Å². The average molecular weight is 546 g/mol. The molecule has 1 aliphatic heterocycles. The molecule has 0 spiro atoms. The van der Waals surface area contributed by atoms with Crippen molar-refractivity contribution in [1.29, 1.82) is 0 Å². The predicted octanol–water partition coefficient (Wildman–Crippen LogP) is 0.977. The number of hydrogen-bond donors (Lipinski definition) is 5. The van der Waals surface area contributed by atoms with Crippen molar-refractivity contribution >= 4 is 17.3 Å². The number of benzene rings is 2. The number of aliphatic hydroxyl groups is 2. The highest BCUT2D eigenvalue weighted by Gasteiger charge is 2.56. The van der Waals surface area contributed by atoms with Gasteiger partial charge in [-0.2, -0.15) is 0 Å². The number of carbonyl (C=O) groups excluding carboxylic acids is 3. The van der Waals surface area contributed by atoms with Crippen molar-refractivity contribution in [2.24, 2.45) is 5.73 Å². The third kappa shape index (κ3) is 3.85. The molecule has 5 rings (SSSR count). The summed E-state index contributed by atoms with van der Waals surface area (Å²) in [5, 5.41) is 43.9. The first kappa shape index (κ1) is 27.2. The second kappa shape index (κ2) is 9.35. The summed E-state index contributed by atoms with van der Waals surface area (Å²) in [4.78, 5) is 39.5. The molecule has 0 saturated carbocycles. The molecule has 2 aromatic carbocycles. The molecular weight excluding hydrogens is 517 g/mol. The molecule has 6 N–H and O–H groups in total. The summed E-state index contributed by atoms with van der Waals surface area (Å²) < 4.78 is 32.7. The number of fused-ring (bicyclic) bond motifs is 3. The van der Waals surface area contributed by atoms with Crippen LogP contribution in [0.25, 0.3) is 0 Å². The second-order valence-corrected chi connectivity index (χ2v) is 10.2. The number of rotatable bonds is 4. The fourth-order valence-corrected chi connectivity index (χ4v) is 5.66. The van der Waals surface area contributed by atoms with Gasteiger partial charge in [0, 0.05) is 35.6 Å². The van der Waals surface area contributed by atoms with E-state index in [1.807, 2.05) is 0 Å². The number of carbonyl (C=O) groups is 3. The molecule has 1 heterocycles. The van der Waals surface area contributed by atoms with Crippen LogP contribution in [0.3, 0.4) is 0 Å². The van der Waals surface area contributed by atoms with E-state index >= 15 is 4.39 Å². The smallest absolute Gasteiger partial charge is 0.202 e. The van der Waals surface area contributed by atoms with Gasteiger partial charge in [-0.3, -0.25) is 14.4 Å². The van der Waals surface area contributed by atoms with Crippen LogP contribution in [0.15, 0.2) is 18.2 Å². The number of alkyl halides is 1. The van der Waals surface area contributed by atoms with Crippen molar-refractivity contribution in [1.82, 2.24) is 0 Å². The van der Waals surface area contributed by atoms with E-state index in [2.05, 4.69) is 0 Å². The van der Waals surface area contributed by atoms with Crippen molar-refractivity contribution in [2.45, 2.75) is 69.1 Å². The van der Waals surface area contributed by atoms with Crippen LogP contribution < -0.4 is 10.5 Å². The monoisotopic (exact) mass is 545 g/mol. The van der Waals surface area contributed by atoms with Crippen molar-refractivity contribution in [3.05, 3.63) is 51.6 Å². The summed E-state index contributed by atoms with van der Waals surface area (Å²) in [7, 11) is 1.29. The number of phenols is 2. The topological polar surface area (TPSA) is 186 Å². The van der Waals surface area contributed by atoms with Gasteiger partial charge in [0.1, 0.15) is 23.4 Å². The Kier molecular flexibility index (Phi) is 6.51. The predicted molar refractivity (Wildman–Crippen MR) is 131 cm³/mol. The molecule has 0 bridgehead atoms. The van der Waals surface area contributed by atoms with Crippen LogP contribution >= 0.6 is 0 Å². The second-order valence-electron chi connectivity index (χ2n) is 10.2. The lowest BCUT2D eigenvalue weighted by Crippen LogP contribution is -2.56.